The summed E-state index contributed by atoms with van der Waals surface area (Å²) in [4.78, 5) is 15.1. The molecule has 0 spiro atoms. The number of hydrogen-bond acceptors (Lipinski definition) is 7. The lowest BCUT2D eigenvalue weighted by Crippen LogP contribution is -2.43. The first-order valence-electron chi connectivity index (χ1n) is 12.1. The van der Waals surface area contributed by atoms with Crippen LogP contribution in [0.2, 0.25) is 0 Å². The summed E-state index contributed by atoms with van der Waals surface area (Å²) >= 11 is 0. The van der Waals surface area contributed by atoms with Crippen molar-refractivity contribution in [1.29, 1.82) is 0 Å². The highest BCUT2D eigenvalue weighted by Gasteiger charge is 2.31. The van der Waals surface area contributed by atoms with E-state index < -0.39 is 23.7 Å². The number of carbonyl (C=O) groups excluding carboxylic acids is 1. The Labute approximate surface area is 219 Å². The van der Waals surface area contributed by atoms with Gasteiger partial charge in [0.05, 0.1) is 31.3 Å². The van der Waals surface area contributed by atoms with Crippen molar-refractivity contribution in [1.82, 2.24) is 0 Å². The molecular weight excluding hydrogens is 474 g/mol. The summed E-state index contributed by atoms with van der Waals surface area (Å²) in [5.74, 6) is -0.305. The zero-order chi connectivity index (χ0) is 26.9. The van der Waals surface area contributed by atoms with E-state index in [4.69, 9.17) is 29.2 Å². The predicted molar refractivity (Wildman–Crippen MR) is 140 cm³/mol. The van der Waals surface area contributed by atoms with Crippen LogP contribution in [0.25, 0.3) is 10.4 Å². The number of esters is 1. The molecule has 2 aromatic rings. The molecule has 0 unspecified atom stereocenters. The number of ether oxygens (including phenoxy) is 5. The summed E-state index contributed by atoms with van der Waals surface area (Å²) in [7, 11) is 1.51. The average Bonchev–Trinajstić information content (AvgIpc) is 2.90. The van der Waals surface area contributed by atoms with E-state index >= 15 is 0 Å². The Hall–Kier alpha value is -3.20. The van der Waals surface area contributed by atoms with E-state index in [1.807, 2.05) is 60.7 Å². The second-order valence-electron chi connectivity index (χ2n) is 9.32. The minimum Gasteiger partial charge on any atom is -0.461 e. The van der Waals surface area contributed by atoms with Gasteiger partial charge in [-0.05, 0) is 43.5 Å². The lowest BCUT2D eigenvalue weighted by molar-refractivity contribution is -0.161. The summed E-state index contributed by atoms with van der Waals surface area (Å²) in [6.07, 6.45) is 1.56. The van der Waals surface area contributed by atoms with Gasteiger partial charge in [-0.25, -0.2) is 0 Å². The first-order valence-corrected chi connectivity index (χ1v) is 12.1. The molecule has 0 bridgehead atoms. The van der Waals surface area contributed by atoms with Crippen molar-refractivity contribution in [3.8, 4) is 0 Å². The molecule has 0 aromatic heterocycles. The number of carbonyl (C=O) groups is 1. The van der Waals surface area contributed by atoms with Crippen LogP contribution in [0.4, 0.5) is 0 Å². The van der Waals surface area contributed by atoms with Crippen LogP contribution in [-0.4, -0.2) is 51.3 Å². The van der Waals surface area contributed by atoms with E-state index in [1.165, 1.54) is 7.11 Å². The van der Waals surface area contributed by atoms with Crippen molar-refractivity contribution in [2.75, 3.05) is 27.1 Å². The smallest absolute Gasteiger partial charge is 0.311 e. The van der Waals surface area contributed by atoms with Crippen LogP contribution in [0.15, 0.2) is 77.9 Å². The number of azide groups is 1. The van der Waals surface area contributed by atoms with Gasteiger partial charge in [-0.1, -0.05) is 71.9 Å². The fourth-order valence-electron chi connectivity index (χ4n) is 3.26. The summed E-state index contributed by atoms with van der Waals surface area (Å²) in [6, 6.07) is 19.4. The molecule has 2 rings (SSSR count). The molecule has 2 aromatic carbocycles. The van der Waals surface area contributed by atoms with Crippen molar-refractivity contribution in [2.45, 2.75) is 52.3 Å². The number of rotatable bonds is 16. The maximum absolute atomic E-state index is 12.2. The zero-order valence-corrected chi connectivity index (χ0v) is 22.0. The highest BCUT2D eigenvalue weighted by atomic mass is 16.7. The topological polar surface area (TPSA) is 112 Å². The number of methoxy groups -OCH3 is 1. The van der Waals surface area contributed by atoms with Crippen LogP contribution in [0.3, 0.4) is 0 Å². The van der Waals surface area contributed by atoms with Gasteiger partial charge >= 0.3 is 5.97 Å². The molecule has 37 heavy (non-hydrogen) atoms. The van der Waals surface area contributed by atoms with Gasteiger partial charge in [-0.15, -0.1) is 0 Å². The van der Waals surface area contributed by atoms with Gasteiger partial charge in [0.2, 0.25) is 0 Å². The highest BCUT2D eigenvalue weighted by molar-refractivity contribution is 5.75. The van der Waals surface area contributed by atoms with Crippen molar-refractivity contribution in [3.63, 3.8) is 0 Å². The second-order valence-corrected chi connectivity index (χ2v) is 9.32. The molecule has 3 atom stereocenters. The fraction of sp³-hybridized carbons (Fsp3) is 0.464. The van der Waals surface area contributed by atoms with Crippen molar-refractivity contribution in [2.24, 2.45) is 10.5 Å². The van der Waals surface area contributed by atoms with Crippen LogP contribution in [0, 0.1) is 5.41 Å². The Kier molecular flexibility index (Phi) is 13.4. The van der Waals surface area contributed by atoms with Gasteiger partial charge < -0.3 is 23.7 Å². The summed E-state index contributed by atoms with van der Waals surface area (Å²) in [6.45, 7) is 6.05. The molecule has 0 saturated heterocycles. The third-order valence-corrected chi connectivity index (χ3v) is 5.23. The summed E-state index contributed by atoms with van der Waals surface area (Å²) < 4.78 is 28.9. The average molecular weight is 512 g/mol. The molecule has 9 nitrogen and oxygen atoms in total. The van der Waals surface area contributed by atoms with Crippen LogP contribution < -0.4 is 0 Å². The highest BCUT2D eigenvalue weighted by Crippen LogP contribution is 2.20. The van der Waals surface area contributed by atoms with E-state index in [-0.39, 0.29) is 32.5 Å². The van der Waals surface area contributed by atoms with Crippen LogP contribution in [0.5, 0.6) is 0 Å². The molecule has 200 valence electrons. The van der Waals surface area contributed by atoms with Crippen molar-refractivity contribution in [3.05, 3.63) is 94.4 Å². The number of nitrogens with zero attached hydrogens (tertiary/aromatic N) is 3. The van der Waals surface area contributed by atoms with E-state index in [0.717, 1.165) is 11.1 Å². The van der Waals surface area contributed by atoms with Gasteiger partial charge in [0.25, 0.3) is 0 Å². The normalized spacial score (nSPS) is 14.1. The number of hydrogen-bond donors (Lipinski definition) is 0. The Morgan fingerprint density at radius 1 is 0.973 bits per heavy atom. The quantitative estimate of drug-likeness (QED) is 0.0724. The maximum Gasteiger partial charge on any atom is 0.311 e. The lowest BCUT2D eigenvalue weighted by Gasteiger charge is -2.31. The third-order valence-electron chi connectivity index (χ3n) is 5.23. The monoisotopic (exact) mass is 511 g/mol. The second kappa shape index (κ2) is 16.5. The largest absolute Gasteiger partial charge is 0.461 e. The minimum absolute atomic E-state index is 0.0113. The molecule has 0 aliphatic heterocycles. The zero-order valence-electron chi connectivity index (χ0n) is 22.0. The molecule has 0 aliphatic carbocycles. The Bertz CT molecular complexity index is 988. The predicted octanol–water partition coefficient (Wildman–Crippen LogP) is 5.60. The molecule has 0 amide bonds. The summed E-state index contributed by atoms with van der Waals surface area (Å²) in [5.41, 5.74) is 10.3. The van der Waals surface area contributed by atoms with Crippen molar-refractivity contribution < 1.29 is 28.5 Å². The molecule has 0 heterocycles. The maximum atomic E-state index is 12.2. The molecule has 0 saturated carbocycles. The Morgan fingerprint density at radius 2 is 1.57 bits per heavy atom. The molecule has 0 radical (unpaired) electrons. The van der Waals surface area contributed by atoms with Crippen LogP contribution in [-0.2, 0) is 41.7 Å². The lowest BCUT2D eigenvalue weighted by atomic mass is 9.97. The first-order chi connectivity index (χ1) is 17.8. The van der Waals surface area contributed by atoms with Gasteiger partial charge in [0.15, 0.2) is 0 Å². The molecule has 0 aliphatic rings. The van der Waals surface area contributed by atoms with E-state index in [1.54, 1.807) is 32.9 Å². The molecule has 0 N–H and O–H groups in total. The standard InChI is InChI=1S/C28H37N3O6/c1-28(2,3)27(32)34-17-11-16-24(35-19-22-12-7-5-8-13-22)26(25(18-30-31-29)37-21-33-4)36-20-23-14-9-6-10-15-23/h5-16,24-26H,17-21H2,1-4H3/b16-11+/t24-,25+,26+/m1/s1. The first kappa shape index (κ1) is 30.0. The minimum atomic E-state index is -0.667. The Morgan fingerprint density at radius 3 is 2.11 bits per heavy atom. The Balaban J connectivity index is 2.30. The SMILES string of the molecule is COCO[C@@H](CN=[N+]=[N-])[C@@H](OCc1ccccc1)[C@@H](/C=C/COC(=O)C(C)(C)C)OCc1ccccc1. The third kappa shape index (κ3) is 11.6. The van der Waals surface area contributed by atoms with Crippen molar-refractivity contribution >= 4 is 5.97 Å². The molecule has 9 heteroatoms. The van der Waals surface area contributed by atoms with Gasteiger partial charge in [-0.2, -0.15) is 0 Å². The van der Waals surface area contributed by atoms with E-state index in [9.17, 15) is 4.79 Å². The van der Waals surface area contributed by atoms with Crippen LogP contribution in [0.1, 0.15) is 31.9 Å². The number of benzene rings is 2. The van der Waals surface area contributed by atoms with Gasteiger partial charge in [0.1, 0.15) is 25.6 Å². The van der Waals surface area contributed by atoms with Gasteiger partial charge in [-0.3, -0.25) is 4.79 Å². The summed E-state index contributed by atoms with van der Waals surface area (Å²) in [5, 5.41) is 3.72. The molecule has 0 fully saturated rings. The van der Waals surface area contributed by atoms with Gasteiger partial charge in [0, 0.05) is 12.0 Å². The van der Waals surface area contributed by atoms with E-state index in [2.05, 4.69) is 10.0 Å². The fourth-order valence-corrected chi connectivity index (χ4v) is 3.26. The van der Waals surface area contributed by atoms with Crippen LogP contribution >= 0.6 is 0 Å². The molecular formula is C28H37N3O6. The van der Waals surface area contributed by atoms with E-state index in [0.29, 0.717) is 6.61 Å².